The highest BCUT2D eigenvalue weighted by molar-refractivity contribution is 5.92. The Balaban J connectivity index is 1.53. The molecule has 0 radical (unpaired) electrons. The second kappa shape index (κ2) is 16.5. The summed E-state index contributed by atoms with van der Waals surface area (Å²) in [5.41, 5.74) is 2.38. The molecule has 3 aromatic rings. The number of nitrogens with one attached hydrogen (secondary N) is 3. The molecule has 0 aliphatic carbocycles. The summed E-state index contributed by atoms with van der Waals surface area (Å²) in [5, 5.41) is 17.3. The van der Waals surface area contributed by atoms with E-state index in [2.05, 4.69) is 55.0 Å². The molecule has 2 heterocycles. The molecule has 0 aliphatic heterocycles. The first-order valence-corrected chi connectivity index (χ1v) is 14.0. The van der Waals surface area contributed by atoms with Crippen LogP contribution in [0, 0.1) is 11.8 Å². The van der Waals surface area contributed by atoms with E-state index in [1.807, 2.05) is 43.3 Å². The normalized spacial score (nSPS) is 11.6. The third-order valence-electron chi connectivity index (χ3n) is 6.16. The number of hydrogen-bond acceptors (Lipinski definition) is 9. The minimum Gasteiger partial charge on any atom is -0.369 e. The monoisotopic (exact) mass is 572 g/mol. The number of hydrogen-bond donors (Lipinski definition) is 3. The van der Waals surface area contributed by atoms with E-state index in [0.717, 1.165) is 24.3 Å². The van der Waals surface area contributed by atoms with Crippen molar-refractivity contribution in [1.82, 2.24) is 40.1 Å². The number of likely N-dealkylation sites (N-methyl/N-ethyl adjacent to an activating group) is 2. The van der Waals surface area contributed by atoms with Crippen LogP contribution < -0.4 is 16.0 Å². The fourth-order valence-corrected chi connectivity index (χ4v) is 3.66. The second-order valence-electron chi connectivity index (χ2n) is 9.89. The molecule has 1 aromatic carbocycles. The minimum atomic E-state index is -0.575. The van der Waals surface area contributed by atoms with Crippen molar-refractivity contribution >= 4 is 29.3 Å². The number of benzene rings is 1. The van der Waals surface area contributed by atoms with Gasteiger partial charge in [0.1, 0.15) is 11.9 Å². The highest BCUT2D eigenvalue weighted by atomic mass is 16.2. The molecule has 0 fully saturated rings. The van der Waals surface area contributed by atoms with Crippen LogP contribution in [0.1, 0.15) is 38.7 Å². The first-order chi connectivity index (χ1) is 20.3. The standard InChI is InChI=1S/C30H40N10O2/c1-6-16-31-28-24(22-33-30(36-28)35-25-13-10-14-26(21-25)40-20-18-34-37-40)12-8-7-9-17-32-29(42)23(2)39(5)27(41)15-11-19-38(3)4/h10-11,13-15,18,20-23H,6-7,9,16-17,19H2,1-5H3,(H,32,42)(H2,31,33,35,36)/t23-/m0/s1. The van der Waals surface area contributed by atoms with Crippen molar-refractivity contribution in [1.29, 1.82) is 0 Å². The lowest BCUT2D eigenvalue weighted by molar-refractivity contribution is -0.135. The number of amides is 2. The van der Waals surface area contributed by atoms with E-state index < -0.39 is 6.04 Å². The lowest BCUT2D eigenvalue weighted by Crippen LogP contribution is -2.45. The van der Waals surface area contributed by atoms with Gasteiger partial charge in [-0.05, 0) is 52.1 Å². The van der Waals surface area contributed by atoms with Crippen molar-refractivity contribution in [3.8, 4) is 17.5 Å². The van der Waals surface area contributed by atoms with Crippen molar-refractivity contribution in [2.75, 3.05) is 51.4 Å². The quantitative estimate of drug-likeness (QED) is 0.151. The first-order valence-electron chi connectivity index (χ1n) is 14.0. The fourth-order valence-electron chi connectivity index (χ4n) is 3.66. The molecule has 12 heteroatoms. The summed E-state index contributed by atoms with van der Waals surface area (Å²) in [6, 6.07) is 7.14. The van der Waals surface area contributed by atoms with E-state index in [4.69, 9.17) is 0 Å². The topological polar surface area (TPSA) is 133 Å². The molecule has 222 valence electrons. The highest BCUT2D eigenvalue weighted by Crippen LogP contribution is 2.19. The molecule has 0 saturated heterocycles. The van der Waals surface area contributed by atoms with Crippen molar-refractivity contribution in [3.63, 3.8) is 0 Å². The fraction of sp³-hybridized carbons (Fsp3) is 0.400. The van der Waals surface area contributed by atoms with Gasteiger partial charge in [0.05, 0.1) is 29.8 Å². The predicted octanol–water partition coefficient (Wildman–Crippen LogP) is 2.84. The zero-order valence-corrected chi connectivity index (χ0v) is 25.0. The maximum atomic E-state index is 12.5. The van der Waals surface area contributed by atoms with Crippen molar-refractivity contribution in [3.05, 3.63) is 60.6 Å². The average molecular weight is 573 g/mol. The number of rotatable bonds is 14. The third-order valence-corrected chi connectivity index (χ3v) is 6.16. The van der Waals surface area contributed by atoms with Gasteiger partial charge in [0.2, 0.25) is 17.8 Å². The predicted molar refractivity (Wildman–Crippen MR) is 165 cm³/mol. The summed E-state index contributed by atoms with van der Waals surface area (Å²) < 4.78 is 1.68. The number of anilines is 3. The molecule has 0 bridgehead atoms. The van der Waals surface area contributed by atoms with E-state index in [1.165, 1.54) is 11.0 Å². The van der Waals surface area contributed by atoms with E-state index in [9.17, 15) is 9.59 Å². The third kappa shape index (κ3) is 10.0. The largest absolute Gasteiger partial charge is 0.369 e. The number of nitrogens with zero attached hydrogens (tertiary/aromatic N) is 7. The molecular weight excluding hydrogens is 532 g/mol. The van der Waals surface area contributed by atoms with Crippen LogP contribution in [0.15, 0.2) is 55.0 Å². The van der Waals surface area contributed by atoms with E-state index >= 15 is 0 Å². The van der Waals surface area contributed by atoms with Crippen LogP contribution in [-0.4, -0.2) is 93.4 Å². The van der Waals surface area contributed by atoms with Crippen molar-refractivity contribution in [2.45, 2.75) is 39.2 Å². The molecule has 0 spiro atoms. The molecule has 2 amide bonds. The summed E-state index contributed by atoms with van der Waals surface area (Å²) in [6.45, 7) is 5.66. The van der Waals surface area contributed by atoms with E-state index in [-0.39, 0.29) is 11.8 Å². The SMILES string of the molecule is CCCNc1nc(Nc2cccc(-n3ccnn3)c2)ncc1C#CCCCNC(=O)[C@H](C)N(C)C(=O)C=CCN(C)C. The molecule has 42 heavy (non-hydrogen) atoms. The molecule has 12 nitrogen and oxygen atoms in total. The maximum absolute atomic E-state index is 12.5. The Morgan fingerprint density at radius 3 is 2.76 bits per heavy atom. The highest BCUT2D eigenvalue weighted by Gasteiger charge is 2.20. The summed E-state index contributed by atoms with van der Waals surface area (Å²) in [5.74, 6) is 7.00. The van der Waals surface area contributed by atoms with Crippen LogP contribution in [0.2, 0.25) is 0 Å². The van der Waals surface area contributed by atoms with Crippen LogP contribution >= 0.6 is 0 Å². The molecule has 3 rings (SSSR count). The van der Waals surface area contributed by atoms with Crippen molar-refractivity contribution in [2.24, 2.45) is 0 Å². The van der Waals surface area contributed by atoms with Gasteiger partial charge >= 0.3 is 0 Å². The molecule has 0 saturated carbocycles. The lowest BCUT2D eigenvalue weighted by Gasteiger charge is -2.23. The summed E-state index contributed by atoms with van der Waals surface area (Å²) in [7, 11) is 5.47. The van der Waals surface area contributed by atoms with Gasteiger partial charge in [-0.3, -0.25) is 9.59 Å². The summed E-state index contributed by atoms with van der Waals surface area (Å²) in [6.07, 6.45) is 10.6. The molecule has 3 N–H and O–H groups in total. The Kier molecular flexibility index (Phi) is 12.5. The van der Waals surface area contributed by atoms with Gasteiger partial charge in [-0.15, -0.1) is 5.10 Å². The second-order valence-corrected chi connectivity index (χ2v) is 9.89. The number of unbranched alkanes of at least 4 members (excludes halogenated alkanes) is 1. The molecular formula is C30H40N10O2. The molecule has 0 unspecified atom stereocenters. The molecule has 1 atom stereocenters. The number of carbonyl (C=O) groups excluding carboxylic acids is 2. The van der Waals surface area contributed by atoms with Crippen LogP contribution in [0.5, 0.6) is 0 Å². The van der Waals surface area contributed by atoms with Gasteiger partial charge < -0.3 is 25.8 Å². The van der Waals surface area contributed by atoms with Gasteiger partial charge in [0, 0.05) is 44.9 Å². The first kappa shape index (κ1) is 31.8. The van der Waals surface area contributed by atoms with Crippen LogP contribution in [0.25, 0.3) is 5.69 Å². The Labute approximate surface area is 247 Å². The Morgan fingerprint density at radius 1 is 1.19 bits per heavy atom. The van der Waals surface area contributed by atoms with Crippen LogP contribution in [0.3, 0.4) is 0 Å². The van der Waals surface area contributed by atoms with Crippen LogP contribution in [-0.2, 0) is 9.59 Å². The summed E-state index contributed by atoms with van der Waals surface area (Å²) >= 11 is 0. The van der Waals surface area contributed by atoms with Gasteiger partial charge in [-0.2, -0.15) is 4.98 Å². The van der Waals surface area contributed by atoms with Crippen LogP contribution in [0.4, 0.5) is 17.5 Å². The van der Waals surface area contributed by atoms with Gasteiger partial charge in [-0.25, -0.2) is 9.67 Å². The maximum Gasteiger partial charge on any atom is 0.246 e. The molecule has 2 aromatic heterocycles. The zero-order valence-electron chi connectivity index (χ0n) is 25.0. The van der Waals surface area contributed by atoms with E-state index in [0.29, 0.717) is 43.3 Å². The number of aromatic nitrogens is 5. The zero-order chi connectivity index (χ0) is 30.3. The Hall–Kier alpha value is -4.76. The van der Waals surface area contributed by atoms with Gasteiger partial charge in [0.15, 0.2) is 0 Å². The lowest BCUT2D eigenvalue weighted by atomic mass is 10.2. The van der Waals surface area contributed by atoms with Crippen molar-refractivity contribution < 1.29 is 9.59 Å². The number of carbonyl (C=O) groups is 2. The average Bonchev–Trinajstić information content (AvgIpc) is 3.53. The Bertz CT molecular complexity index is 1390. The van der Waals surface area contributed by atoms with Gasteiger partial charge in [0.25, 0.3) is 0 Å². The minimum absolute atomic E-state index is 0.200. The van der Waals surface area contributed by atoms with E-state index in [1.54, 1.807) is 43.3 Å². The van der Waals surface area contributed by atoms with Gasteiger partial charge in [-0.1, -0.05) is 36.1 Å². The summed E-state index contributed by atoms with van der Waals surface area (Å²) in [4.78, 5) is 37.3. The molecule has 0 aliphatic rings. The smallest absolute Gasteiger partial charge is 0.246 e. The Morgan fingerprint density at radius 2 is 2.02 bits per heavy atom.